The molecule has 1 aliphatic rings. The number of nitrogens with zero attached hydrogens (tertiary/aromatic N) is 1. The van der Waals surface area contributed by atoms with Crippen molar-refractivity contribution in [2.45, 2.75) is 18.9 Å². The molecule has 0 aliphatic carbocycles. The number of carbonyl (C=O) groups excluding carboxylic acids is 1. The van der Waals surface area contributed by atoms with E-state index in [1.807, 2.05) is 36.4 Å². The highest BCUT2D eigenvalue weighted by atomic mass is 32.1. The van der Waals surface area contributed by atoms with Crippen molar-refractivity contribution < 1.29 is 14.3 Å². The Morgan fingerprint density at radius 1 is 1.24 bits per heavy atom. The first kappa shape index (κ1) is 16.1. The molecule has 5 nitrogen and oxygen atoms in total. The number of anilines is 1. The van der Waals surface area contributed by atoms with Crippen LogP contribution in [0.25, 0.3) is 10.2 Å². The normalized spacial score (nSPS) is 16.9. The van der Waals surface area contributed by atoms with Gasteiger partial charge in [-0.25, -0.2) is 4.98 Å². The number of amides is 1. The zero-order valence-electron chi connectivity index (χ0n) is 13.6. The van der Waals surface area contributed by atoms with Crippen molar-refractivity contribution in [1.82, 2.24) is 4.98 Å². The fourth-order valence-corrected chi connectivity index (χ4v) is 3.62. The van der Waals surface area contributed by atoms with E-state index in [2.05, 4.69) is 10.3 Å². The average Bonchev–Trinajstić information content (AvgIpc) is 3.29. The first-order valence-electron chi connectivity index (χ1n) is 8.29. The molecule has 1 aromatic heterocycles. The number of rotatable bonds is 5. The molecule has 0 bridgehead atoms. The summed E-state index contributed by atoms with van der Waals surface area (Å²) in [6.45, 7) is 1.37. The van der Waals surface area contributed by atoms with Gasteiger partial charge in [0.2, 0.25) is 0 Å². The summed E-state index contributed by atoms with van der Waals surface area (Å²) in [6.07, 6.45) is 2.32. The summed E-state index contributed by atoms with van der Waals surface area (Å²) in [5, 5.41) is 3.45. The van der Waals surface area contributed by atoms with Crippen molar-refractivity contribution in [2.75, 3.05) is 18.5 Å². The lowest BCUT2D eigenvalue weighted by Crippen LogP contribution is -2.16. The molecule has 4 rings (SSSR count). The predicted octanol–water partition coefficient (Wildman–Crippen LogP) is 4.11. The highest BCUT2D eigenvalue weighted by molar-refractivity contribution is 7.22. The molecule has 1 N–H and O–H groups in total. The van der Waals surface area contributed by atoms with Gasteiger partial charge in [0.05, 0.1) is 16.3 Å². The monoisotopic (exact) mass is 354 g/mol. The molecule has 0 unspecified atom stereocenters. The molecule has 0 radical (unpaired) electrons. The van der Waals surface area contributed by atoms with Crippen LogP contribution in [0.5, 0.6) is 5.75 Å². The second-order valence-electron chi connectivity index (χ2n) is 5.91. The molecule has 128 valence electrons. The quantitative estimate of drug-likeness (QED) is 0.749. The molecular formula is C19H18N2O3S. The van der Waals surface area contributed by atoms with Crippen molar-refractivity contribution in [3.8, 4) is 5.75 Å². The van der Waals surface area contributed by atoms with Gasteiger partial charge >= 0.3 is 0 Å². The molecule has 25 heavy (non-hydrogen) atoms. The van der Waals surface area contributed by atoms with E-state index in [-0.39, 0.29) is 12.0 Å². The van der Waals surface area contributed by atoms with Crippen molar-refractivity contribution >= 4 is 32.6 Å². The second kappa shape index (κ2) is 7.21. The lowest BCUT2D eigenvalue weighted by Gasteiger charge is -2.11. The first-order chi connectivity index (χ1) is 12.3. The van der Waals surface area contributed by atoms with Gasteiger partial charge in [-0.1, -0.05) is 23.5 Å². The molecule has 0 spiro atoms. The molecule has 2 heterocycles. The Hall–Kier alpha value is -2.44. The number of hydrogen-bond acceptors (Lipinski definition) is 5. The van der Waals surface area contributed by atoms with E-state index in [9.17, 15) is 4.79 Å². The summed E-state index contributed by atoms with van der Waals surface area (Å²) >= 11 is 1.46. The van der Waals surface area contributed by atoms with Crippen LogP contribution >= 0.6 is 11.3 Å². The molecule has 1 fully saturated rings. The summed E-state index contributed by atoms with van der Waals surface area (Å²) in [6, 6.07) is 14.9. The van der Waals surface area contributed by atoms with Crippen LogP contribution in [0.2, 0.25) is 0 Å². The van der Waals surface area contributed by atoms with Crippen molar-refractivity contribution in [3.63, 3.8) is 0 Å². The van der Waals surface area contributed by atoms with Gasteiger partial charge in [0.25, 0.3) is 5.91 Å². The Kier molecular flexibility index (Phi) is 4.63. The Morgan fingerprint density at radius 2 is 2.08 bits per heavy atom. The van der Waals surface area contributed by atoms with E-state index in [4.69, 9.17) is 9.47 Å². The van der Waals surface area contributed by atoms with Gasteiger partial charge in [0.15, 0.2) is 5.13 Å². The van der Waals surface area contributed by atoms with Gasteiger partial charge in [0.1, 0.15) is 12.4 Å². The maximum absolute atomic E-state index is 12.4. The lowest BCUT2D eigenvalue weighted by atomic mass is 10.2. The minimum atomic E-state index is -0.176. The number of fused-ring (bicyclic) bond motifs is 1. The number of nitrogens with one attached hydrogen (secondary N) is 1. The fourth-order valence-electron chi connectivity index (χ4n) is 2.76. The third kappa shape index (κ3) is 3.81. The highest BCUT2D eigenvalue weighted by Gasteiger charge is 2.16. The van der Waals surface area contributed by atoms with E-state index in [0.29, 0.717) is 17.3 Å². The lowest BCUT2D eigenvalue weighted by molar-refractivity contribution is 0.0679. The van der Waals surface area contributed by atoms with Crippen molar-refractivity contribution in [2.24, 2.45) is 0 Å². The van der Waals surface area contributed by atoms with Gasteiger partial charge in [-0.3, -0.25) is 10.1 Å². The van der Waals surface area contributed by atoms with Crippen LogP contribution in [0.3, 0.4) is 0 Å². The Labute approximate surface area is 149 Å². The van der Waals surface area contributed by atoms with Crippen LogP contribution in [0.15, 0.2) is 48.5 Å². The Bertz CT molecular complexity index is 837. The fraction of sp³-hybridized carbons (Fsp3) is 0.263. The SMILES string of the molecule is O=C(Nc1nc2ccccc2s1)c1ccc(OC[C@H]2CCCO2)cc1. The summed E-state index contributed by atoms with van der Waals surface area (Å²) < 4.78 is 12.3. The number of ether oxygens (including phenoxy) is 2. The van der Waals surface area contributed by atoms with Crippen molar-refractivity contribution in [3.05, 3.63) is 54.1 Å². The Morgan fingerprint density at radius 3 is 2.84 bits per heavy atom. The first-order valence-corrected chi connectivity index (χ1v) is 9.11. The van der Waals surface area contributed by atoms with Gasteiger partial charge in [0, 0.05) is 12.2 Å². The number of aromatic nitrogens is 1. The molecule has 2 aromatic carbocycles. The maximum atomic E-state index is 12.4. The van der Waals surface area contributed by atoms with Crippen LogP contribution in [-0.2, 0) is 4.74 Å². The predicted molar refractivity (Wildman–Crippen MR) is 98.5 cm³/mol. The third-order valence-corrected chi connectivity index (χ3v) is 5.04. The van der Waals surface area contributed by atoms with Crippen molar-refractivity contribution in [1.29, 1.82) is 0 Å². The van der Waals surface area contributed by atoms with Gasteiger partial charge in [-0.15, -0.1) is 0 Å². The van der Waals surface area contributed by atoms with Gasteiger partial charge in [-0.2, -0.15) is 0 Å². The summed E-state index contributed by atoms with van der Waals surface area (Å²) in [7, 11) is 0. The van der Waals surface area contributed by atoms with Crippen LogP contribution in [0.4, 0.5) is 5.13 Å². The van der Waals surface area contributed by atoms with E-state index in [0.717, 1.165) is 35.4 Å². The number of para-hydroxylation sites is 1. The molecule has 6 heteroatoms. The second-order valence-corrected chi connectivity index (χ2v) is 6.94. The topological polar surface area (TPSA) is 60.5 Å². The van der Waals surface area contributed by atoms with E-state index in [1.165, 1.54) is 11.3 Å². The average molecular weight is 354 g/mol. The molecule has 1 atom stereocenters. The smallest absolute Gasteiger partial charge is 0.257 e. The maximum Gasteiger partial charge on any atom is 0.257 e. The number of thiazole rings is 1. The zero-order chi connectivity index (χ0) is 17.1. The van der Waals surface area contributed by atoms with E-state index in [1.54, 1.807) is 12.1 Å². The van der Waals surface area contributed by atoms with Gasteiger partial charge in [-0.05, 0) is 49.2 Å². The number of carbonyl (C=O) groups is 1. The molecule has 1 aliphatic heterocycles. The minimum Gasteiger partial charge on any atom is -0.491 e. The number of hydrogen-bond donors (Lipinski definition) is 1. The van der Waals surface area contributed by atoms with Crippen LogP contribution in [0.1, 0.15) is 23.2 Å². The summed E-state index contributed by atoms with van der Waals surface area (Å²) in [5.74, 6) is 0.566. The highest BCUT2D eigenvalue weighted by Crippen LogP contribution is 2.26. The van der Waals surface area contributed by atoms with Gasteiger partial charge < -0.3 is 9.47 Å². The van der Waals surface area contributed by atoms with Crippen LogP contribution in [-0.4, -0.2) is 30.2 Å². The molecule has 1 amide bonds. The summed E-state index contributed by atoms with van der Waals surface area (Å²) in [5.41, 5.74) is 1.46. The van der Waals surface area contributed by atoms with E-state index >= 15 is 0 Å². The molecule has 0 saturated carbocycles. The molecular weight excluding hydrogens is 336 g/mol. The van der Waals surface area contributed by atoms with E-state index < -0.39 is 0 Å². The van der Waals surface area contributed by atoms with Crippen LogP contribution < -0.4 is 10.1 Å². The zero-order valence-corrected chi connectivity index (χ0v) is 14.4. The Balaban J connectivity index is 1.38. The minimum absolute atomic E-state index is 0.176. The molecule has 3 aromatic rings. The largest absolute Gasteiger partial charge is 0.491 e. The third-order valence-electron chi connectivity index (χ3n) is 4.09. The van der Waals surface area contributed by atoms with Crippen LogP contribution in [0, 0.1) is 0 Å². The number of benzene rings is 2. The standard InChI is InChI=1S/C19H18N2O3S/c22-18(21-19-20-16-5-1-2-6-17(16)25-19)13-7-9-14(10-8-13)24-12-15-4-3-11-23-15/h1-2,5-10,15H,3-4,11-12H2,(H,20,21,22)/t15-/m1/s1. The summed E-state index contributed by atoms with van der Waals surface area (Å²) in [4.78, 5) is 16.8. The molecule has 1 saturated heterocycles.